The average Bonchev–Trinajstić information content (AvgIpc) is 2.76. The predicted octanol–water partition coefficient (Wildman–Crippen LogP) is 2.53. The van der Waals surface area contributed by atoms with Gasteiger partial charge in [-0.2, -0.15) is 0 Å². The Morgan fingerprint density at radius 1 is 1.26 bits per heavy atom. The molecule has 0 bridgehead atoms. The average molecular weight is 341 g/mol. The molecule has 0 aliphatic carbocycles. The first-order valence-electron chi connectivity index (χ1n) is 7.08. The van der Waals surface area contributed by atoms with Crippen LogP contribution in [0.2, 0.25) is 0 Å². The molecule has 1 aromatic carbocycles. The van der Waals surface area contributed by atoms with Crippen molar-refractivity contribution in [3.63, 3.8) is 0 Å². The maximum Gasteiger partial charge on any atom is 0.240 e. The summed E-state index contributed by atoms with van der Waals surface area (Å²) in [5.41, 5.74) is -0.607. The van der Waals surface area contributed by atoms with E-state index in [9.17, 15) is 17.9 Å². The minimum atomic E-state index is -3.86. The van der Waals surface area contributed by atoms with Gasteiger partial charge in [0.25, 0.3) is 0 Å². The Morgan fingerprint density at radius 2 is 1.91 bits per heavy atom. The molecular weight excluding hydrogens is 321 g/mol. The minimum absolute atomic E-state index is 0.0187. The molecule has 1 unspecified atom stereocenters. The third kappa shape index (κ3) is 3.80. The van der Waals surface area contributed by atoms with Gasteiger partial charge >= 0.3 is 0 Å². The van der Waals surface area contributed by atoms with Crippen molar-refractivity contribution in [3.05, 3.63) is 52.7 Å². The lowest BCUT2D eigenvalue weighted by molar-refractivity contribution is 0.0612. The van der Waals surface area contributed by atoms with E-state index in [0.29, 0.717) is 22.6 Å². The summed E-state index contributed by atoms with van der Waals surface area (Å²) in [5.74, 6) is 0.664. The summed E-state index contributed by atoms with van der Waals surface area (Å²) in [4.78, 5) is -0.0187. The maximum atomic E-state index is 13.1. The first kappa shape index (κ1) is 17.7. The molecule has 0 amide bonds. The van der Waals surface area contributed by atoms with Crippen molar-refractivity contribution >= 4 is 10.0 Å². The highest BCUT2D eigenvalue weighted by Crippen LogP contribution is 2.27. The van der Waals surface area contributed by atoms with E-state index in [4.69, 9.17) is 4.42 Å². The van der Waals surface area contributed by atoms with Gasteiger partial charge in [0.05, 0.1) is 4.90 Å². The van der Waals surface area contributed by atoms with Crippen molar-refractivity contribution in [2.24, 2.45) is 0 Å². The Labute approximate surface area is 135 Å². The van der Waals surface area contributed by atoms with Crippen LogP contribution >= 0.6 is 0 Å². The molecule has 23 heavy (non-hydrogen) atoms. The molecule has 0 saturated heterocycles. The second kappa shape index (κ2) is 6.07. The van der Waals surface area contributed by atoms with Crippen LogP contribution in [0.3, 0.4) is 0 Å². The van der Waals surface area contributed by atoms with E-state index in [1.807, 2.05) is 0 Å². The van der Waals surface area contributed by atoms with Crippen molar-refractivity contribution in [2.75, 3.05) is 6.54 Å². The van der Waals surface area contributed by atoms with Crippen LogP contribution in [0.15, 0.2) is 33.6 Å². The van der Waals surface area contributed by atoms with E-state index in [1.54, 1.807) is 19.9 Å². The number of benzene rings is 1. The van der Waals surface area contributed by atoms with Gasteiger partial charge in [0.1, 0.15) is 22.9 Å². The SMILES string of the molecule is Cc1cc(C(C)(O)CNS(=O)(=O)c2ccc(F)cc2C)c(C)o1. The van der Waals surface area contributed by atoms with E-state index >= 15 is 0 Å². The first-order valence-corrected chi connectivity index (χ1v) is 8.57. The number of halogens is 1. The van der Waals surface area contributed by atoms with Gasteiger partial charge in [0, 0.05) is 12.1 Å². The van der Waals surface area contributed by atoms with E-state index in [2.05, 4.69) is 4.72 Å². The molecule has 0 aliphatic heterocycles. The molecule has 0 fully saturated rings. The van der Waals surface area contributed by atoms with Gasteiger partial charge in [-0.25, -0.2) is 17.5 Å². The van der Waals surface area contributed by atoms with Gasteiger partial charge in [-0.1, -0.05) is 0 Å². The van der Waals surface area contributed by atoms with Gasteiger partial charge in [-0.05, 0) is 57.5 Å². The maximum absolute atomic E-state index is 13.1. The summed E-state index contributed by atoms with van der Waals surface area (Å²) < 4.78 is 45.6. The lowest BCUT2D eigenvalue weighted by atomic mass is 9.97. The molecule has 126 valence electrons. The van der Waals surface area contributed by atoms with E-state index in [0.717, 1.165) is 12.1 Å². The van der Waals surface area contributed by atoms with Crippen LogP contribution in [-0.2, 0) is 15.6 Å². The highest BCUT2D eigenvalue weighted by molar-refractivity contribution is 7.89. The third-order valence-electron chi connectivity index (χ3n) is 3.65. The van der Waals surface area contributed by atoms with E-state index in [-0.39, 0.29) is 11.4 Å². The fourth-order valence-electron chi connectivity index (χ4n) is 2.49. The zero-order valence-electron chi connectivity index (χ0n) is 13.5. The van der Waals surface area contributed by atoms with E-state index < -0.39 is 21.4 Å². The summed E-state index contributed by atoms with van der Waals surface area (Å²) in [6.07, 6.45) is 0. The third-order valence-corrected chi connectivity index (χ3v) is 5.22. The Morgan fingerprint density at radius 3 is 2.43 bits per heavy atom. The minimum Gasteiger partial charge on any atom is -0.466 e. The molecule has 2 aromatic rings. The predicted molar refractivity (Wildman–Crippen MR) is 84.1 cm³/mol. The van der Waals surface area contributed by atoms with Crippen LogP contribution in [0, 0.1) is 26.6 Å². The van der Waals surface area contributed by atoms with Crippen molar-refractivity contribution in [1.29, 1.82) is 0 Å². The summed E-state index contributed by atoms with van der Waals surface area (Å²) in [6, 6.07) is 5.11. The monoisotopic (exact) mass is 341 g/mol. The van der Waals surface area contributed by atoms with Crippen molar-refractivity contribution < 1.29 is 22.3 Å². The zero-order chi connectivity index (χ0) is 17.4. The highest BCUT2D eigenvalue weighted by atomic mass is 32.2. The molecule has 2 N–H and O–H groups in total. The quantitative estimate of drug-likeness (QED) is 0.876. The first-order chi connectivity index (χ1) is 10.5. The Bertz CT molecular complexity index is 825. The Hall–Kier alpha value is -1.70. The van der Waals surface area contributed by atoms with E-state index in [1.165, 1.54) is 19.9 Å². The largest absolute Gasteiger partial charge is 0.466 e. The van der Waals surface area contributed by atoms with Crippen molar-refractivity contribution in [3.8, 4) is 0 Å². The summed E-state index contributed by atoms with van der Waals surface area (Å²) in [7, 11) is -3.86. The number of rotatable bonds is 5. The number of aryl methyl sites for hydroxylation is 3. The molecule has 0 aliphatic rings. The summed E-state index contributed by atoms with van der Waals surface area (Å²) in [5, 5.41) is 10.6. The topological polar surface area (TPSA) is 79.5 Å². The molecule has 0 radical (unpaired) electrons. The fraction of sp³-hybridized carbons (Fsp3) is 0.375. The van der Waals surface area contributed by atoms with Crippen LogP contribution in [0.25, 0.3) is 0 Å². The highest BCUT2D eigenvalue weighted by Gasteiger charge is 2.30. The number of hydrogen-bond acceptors (Lipinski definition) is 4. The molecule has 2 rings (SSSR count). The second-order valence-corrected chi connectivity index (χ2v) is 7.57. The zero-order valence-corrected chi connectivity index (χ0v) is 14.3. The molecule has 0 saturated carbocycles. The molecule has 7 heteroatoms. The Balaban J connectivity index is 2.23. The van der Waals surface area contributed by atoms with Gasteiger partial charge in [0.15, 0.2) is 0 Å². The Kier molecular flexibility index (Phi) is 4.66. The van der Waals surface area contributed by atoms with Crippen LogP contribution in [-0.4, -0.2) is 20.1 Å². The fourth-order valence-corrected chi connectivity index (χ4v) is 3.84. The van der Waals surface area contributed by atoms with Crippen LogP contribution in [0.1, 0.15) is 29.6 Å². The van der Waals surface area contributed by atoms with Crippen LogP contribution in [0.4, 0.5) is 4.39 Å². The van der Waals surface area contributed by atoms with Gasteiger partial charge in [0.2, 0.25) is 10.0 Å². The van der Waals surface area contributed by atoms with Crippen molar-refractivity contribution in [1.82, 2.24) is 4.72 Å². The number of nitrogens with one attached hydrogen (secondary N) is 1. The van der Waals surface area contributed by atoms with Crippen LogP contribution in [0.5, 0.6) is 0 Å². The number of hydrogen-bond donors (Lipinski definition) is 2. The lowest BCUT2D eigenvalue weighted by Crippen LogP contribution is -2.39. The molecular formula is C16H20FNO4S. The number of furan rings is 1. The standard InChI is InChI=1S/C16H20FNO4S/c1-10-7-13(17)5-6-15(10)23(20,21)18-9-16(4,19)14-8-11(2)22-12(14)3/h5-8,18-19H,9H2,1-4H3. The number of sulfonamides is 1. The smallest absolute Gasteiger partial charge is 0.240 e. The van der Waals surface area contributed by atoms with Crippen LogP contribution < -0.4 is 4.72 Å². The molecule has 5 nitrogen and oxygen atoms in total. The molecule has 1 aromatic heterocycles. The summed E-state index contributed by atoms with van der Waals surface area (Å²) >= 11 is 0. The summed E-state index contributed by atoms with van der Waals surface area (Å²) in [6.45, 7) is 6.24. The molecule has 1 atom stereocenters. The van der Waals surface area contributed by atoms with Gasteiger partial charge < -0.3 is 9.52 Å². The van der Waals surface area contributed by atoms with Gasteiger partial charge in [-0.15, -0.1) is 0 Å². The molecule has 0 spiro atoms. The lowest BCUT2D eigenvalue weighted by Gasteiger charge is -2.23. The second-order valence-electron chi connectivity index (χ2n) is 5.84. The number of aliphatic hydroxyl groups is 1. The van der Waals surface area contributed by atoms with Crippen molar-refractivity contribution in [2.45, 2.75) is 38.2 Å². The molecule has 1 heterocycles. The normalized spacial score (nSPS) is 14.7. The van der Waals surface area contributed by atoms with Gasteiger partial charge in [-0.3, -0.25) is 0 Å².